The van der Waals surface area contributed by atoms with Gasteiger partial charge in [-0.2, -0.15) is 0 Å². The van der Waals surface area contributed by atoms with E-state index in [0.29, 0.717) is 22.3 Å². The van der Waals surface area contributed by atoms with Crippen LogP contribution >= 0.6 is 23.4 Å². The Bertz CT molecular complexity index is 1940. The van der Waals surface area contributed by atoms with Crippen molar-refractivity contribution in [2.24, 2.45) is 5.73 Å². The van der Waals surface area contributed by atoms with E-state index in [1.54, 1.807) is 11.8 Å². The van der Waals surface area contributed by atoms with Crippen LogP contribution in [0.1, 0.15) is 77.0 Å². The Morgan fingerprint density at radius 2 is 1.06 bits per heavy atom. The lowest BCUT2D eigenvalue weighted by Crippen LogP contribution is -2.43. The molecule has 0 spiro atoms. The van der Waals surface area contributed by atoms with Gasteiger partial charge in [0.15, 0.2) is 5.60 Å². The number of ether oxygens (including phenoxy) is 1. The second kappa shape index (κ2) is 16.4. The third kappa shape index (κ3) is 7.21. The van der Waals surface area contributed by atoms with Crippen LogP contribution in [0, 0.1) is 0 Å². The summed E-state index contributed by atoms with van der Waals surface area (Å²) in [7, 11) is 0. The molecule has 1 aliphatic carbocycles. The first kappa shape index (κ1) is 35.8. The summed E-state index contributed by atoms with van der Waals surface area (Å²) in [6.07, 6.45) is 6.22. The van der Waals surface area contributed by atoms with E-state index in [-0.39, 0.29) is 0 Å². The Morgan fingerprint density at radius 1 is 0.615 bits per heavy atom. The number of carbonyl (C=O) groups is 1. The molecule has 5 heteroatoms. The average Bonchev–Trinajstić information content (AvgIpc) is 3.22. The molecule has 2 N–H and O–H groups in total. The van der Waals surface area contributed by atoms with Crippen molar-refractivity contribution in [1.29, 1.82) is 0 Å². The zero-order chi connectivity index (χ0) is 35.8. The molecule has 2 atom stereocenters. The minimum atomic E-state index is -1.33. The van der Waals surface area contributed by atoms with E-state index >= 15 is 0 Å². The van der Waals surface area contributed by atoms with Gasteiger partial charge in [-0.25, -0.2) is 0 Å². The standard InChI is InChI=1S/C47H44ClNO2S/c48-43-29-17-16-28-42(43)46(37-20-8-2-9-21-37,38-32-30-36(31-33-38)35-18-6-1-7-19-35)51-45(50)44(49)34-52-47(39-22-10-3-11-23-39,40-24-12-4-13-25-40)41-26-14-5-15-27-41/h2-5,8-17,20-33,35,44H,1,6-7,18-19,34,49H2/t44-,46?/m1/s1. The normalized spacial score (nSPS) is 15.3. The summed E-state index contributed by atoms with van der Waals surface area (Å²) in [5, 5.41) is 0.509. The fourth-order valence-corrected chi connectivity index (χ4v) is 9.52. The second-order valence-electron chi connectivity index (χ2n) is 13.6. The lowest BCUT2D eigenvalue weighted by Gasteiger charge is -2.38. The molecule has 0 saturated heterocycles. The summed E-state index contributed by atoms with van der Waals surface area (Å²) < 4.78 is 6.22. The summed E-state index contributed by atoms with van der Waals surface area (Å²) in [5.41, 5.74) is 12.5. The topological polar surface area (TPSA) is 52.3 Å². The first-order chi connectivity index (χ1) is 25.5. The van der Waals surface area contributed by atoms with E-state index in [1.165, 1.54) is 37.7 Å². The van der Waals surface area contributed by atoms with Gasteiger partial charge in [0.2, 0.25) is 0 Å². The summed E-state index contributed by atoms with van der Waals surface area (Å²) in [6, 6.07) is 56.5. The predicted molar refractivity (Wildman–Crippen MR) is 216 cm³/mol. The number of rotatable bonds is 12. The molecule has 1 unspecified atom stereocenters. The fourth-order valence-electron chi connectivity index (χ4n) is 7.77. The minimum absolute atomic E-state index is 0.297. The van der Waals surface area contributed by atoms with Crippen LogP contribution in [0.5, 0.6) is 0 Å². The molecule has 0 aromatic heterocycles. The third-order valence-electron chi connectivity index (χ3n) is 10.4. The molecule has 6 aromatic carbocycles. The van der Waals surface area contributed by atoms with E-state index in [4.69, 9.17) is 22.1 Å². The maximum Gasteiger partial charge on any atom is 0.325 e. The Balaban J connectivity index is 1.28. The summed E-state index contributed by atoms with van der Waals surface area (Å²) in [6.45, 7) is 0. The van der Waals surface area contributed by atoms with E-state index in [0.717, 1.165) is 27.8 Å². The lowest BCUT2D eigenvalue weighted by atomic mass is 9.78. The van der Waals surface area contributed by atoms with Crippen molar-refractivity contribution >= 4 is 29.3 Å². The molecular formula is C47H44ClNO2S. The zero-order valence-corrected chi connectivity index (χ0v) is 30.8. The Morgan fingerprint density at radius 3 is 1.56 bits per heavy atom. The number of esters is 1. The Hall–Kier alpha value is -4.61. The molecule has 7 rings (SSSR count). The highest BCUT2D eigenvalue weighted by Gasteiger charge is 2.44. The van der Waals surface area contributed by atoms with Crippen LogP contribution in [0.15, 0.2) is 170 Å². The molecule has 1 saturated carbocycles. The number of carbonyl (C=O) groups excluding carboxylic acids is 1. The van der Waals surface area contributed by atoms with Gasteiger partial charge >= 0.3 is 5.97 Å². The molecule has 0 bridgehead atoms. The van der Waals surface area contributed by atoms with Gasteiger partial charge in [0, 0.05) is 27.5 Å². The van der Waals surface area contributed by atoms with Crippen molar-refractivity contribution in [3.63, 3.8) is 0 Å². The van der Waals surface area contributed by atoms with Gasteiger partial charge in [-0.15, -0.1) is 11.8 Å². The number of hydrogen-bond donors (Lipinski definition) is 1. The number of nitrogens with two attached hydrogens (primary N) is 1. The van der Waals surface area contributed by atoms with E-state index < -0.39 is 22.4 Å². The maximum absolute atomic E-state index is 14.6. The van der Waals surface area contributed by atoms with Gasteiger partial charge in [0.05, 0.1) is 4.75 Å². The van der Waals surface area contributed by atoms with Crippen molar-refractivity contribution in [3.8, 4) is 0 Å². The average molecular weight is 722 g/mol. The van der Waals surface area contributed by atoms with Crippen LogP contribution in [0.4, 0.5) is 0 Å². The SMILES string of the molecule is N[C@H](CSC(c1ccccc1)(c1ccccc1)c1ccccc1)C(=O)OC(c1ccccc1)(c1ccc(C2CCCCC2)cc1)c1ccccc1Cl. The first-order valence-electron chi connectivity index (χ1n) is 18.2. The number of benzene rings is 6. The predicted octanol–water partition coefficient (Wildman–Crippen LogP) is 11.3. The molecular weight excluding hydrogens is 678 g/mol. The van der Waals surface area contributed by atoms with Crippen LogP contribution in [-0.2, 0) is 19.9 Å². The van der Waals surface area contributed by atoms with Crippen molar-refractivity contribution in [3.05, 3.63) is 214 Å². The minimum Gasteiger partial charge on any atom is -0.443 e. The Labute approximate surface area is 317 Å². The number of halogens is 1. The van der Waals surface area contributed by atoms with Crippen molar-refractivity contribution in [2.45, 2.75) is 54.4 Å². The quantitative estimate of drug-likeness (QED) is 0.101. The van der Waals surface area contributed by atoms with Gasteiger partial charge in [0.1, 0.15) is 6.04 Å². The third-order valence-corrected chi connectivity index (χ3v) is 12.4. The van der Waals surface area contributed by atoms with Crippen molar-refractivity contribution < 1.29 is 9.53 Å². The maximum atomic E-state index is 14.6. The van der Waals surface area contributed by atoms with Crippen molar-refractivity contribution in [2.75, 3.05) is 5.75 Å². The highest BCUT2D eigenvalue weighted by Crippen LogP contribution is 2.49. The Kier molecular flexibility index (Phi) is 11.3. The van der Waals surface area contributed by atoms with Crippen LogP contribution < -0.4 is 5.73 Å². The summed E-state index contributed by atoms with van der Waals surface area (Å²) in [5.74, 6) is 0.336. The molecule has 0 heterocycles. The highest BCUT2D eigenvalue weighted by molar-refractivity contribution is 8.00. The van der Waals surface area contributed by atoms with Crippen LogP contribution in [-0.4, -0.2) is 17.8 Å². The monoisotopic (exact) mass is 721 g/mol. The molecule has 0 radical (unpaired) electrons. The summed E-state index contributed by atoms with van der Waals surface area (Å²) >= 11 is 8.67. The van der Waals surface area contributed by atoms with Crippen LogP contribution in [0.2, 0.25) is 5.02 Å². The smallest absolute Gasteiger partial charge is 0.325 e. The molecule has 0 amide bonds. The van der Waals surface area contributed by atoms with Gasteiger partial charge in [-0.05, 0) is 47.1 Å². The molecule has 1 fully saturated rings. The molecule has 0 aliphatic heterocycles. The summed E-state index contributed by atoms with van der Waals surface area (Å²) in [4.78, 5) is 14.6. The number of hydrogen-bond acceptors (Lipinski definition) is 4. The second-order valence-corrected chi connectivity index (χ2v) is 15.2. The van der Waals surface area contributed by atoms with E-state index in [1.807, 2.05) is 72.8 Å². The first-order valence-corrected chi connectivity index (χ1v) is 19.6. The van der Waals surface area contributed by atoms with E-state index in [2.05, 4.69) is 97.1 Å². The van der Waals surface area contributed by atoms with Crippen LogP contribution in [0.3, 0.4) is 0 Å². The van der Waals surface area contributed by atoms with Gasteiger partial charge in [0.25, 0.3) is 0 Å². The van der Waals surface area contributed by atoms with Crippen LogP contribution in [0.25, 0.3) is 0 Å². The van der Waals surface area contributed by atoms with Gasteiger partial charge < -0.3 is 10.5 Å². The zero-order valence-electron chi connectivity index (χ0n) is 29.2. The largest absolute Gasteiger partial charge is 0.443 e. The fraction of sp³-hybridized carbons (Fsp3) is 0.213. The lowest BCUT2D eigenvalue weighted by molar-refractivity contribution is -0.154. The van der Waals surface area contributed by atoms with Crippen molar-refractivity contribution in [1.82, 2.24) is 0 Å². The van der Waals surface area contributed by atoms with E-state index in [9.17, 15) is 4.79 Å². The highest BCUT2D eigenvalue weighted by atomic mass is 35.5. The molecule has 52 heavy (non-hydrogen) atoms. The molecule has 3 nitrogen and oxygen atoms in total. The number of thioether (sulfide) groups is 1. The molecule has 6 aromatic rings. The molecule has 1 aliphatic rings. The molecule has 262 valence electrons. The van der Waals surface area contributed by atoms with Gasteiger partial charge in [-0.1, -0.05) is 195 Å². The van der Waals surface area contributed by atoms with Gasteiger partial charge in [-0.3, -0.25) is 4.79 Å².